The minimum Gasteiger partial charge on any atom is -0.321 e. The molecular weight excluding hydrogens is 432 g/mol. The summed E-state index contributed by atoms with van der Waals surface area (Å²) in [6, 6.07) is 6.16. The highest BCUT2D eigenvalue weighted by Crippen LogP contribution is 2.37. The summed E-state index contributed by atoms with van der Waals surface area (Å²) < 4.78 is 12.0. The number of aromatic nitrogens is 1. The number of rotatable bonds is 3. The predicted octanol–water partition coefficient (Wildman–Crippen LogP) is 3.60. The zero-order chi connectivity index (χ0) is 17.2. The van der Waals surface area contributed by atoms with Crippen LogP contribution in [0.5, 0.6) is 0 Å². The van der Waals surface area contributed by atoms with Gasteiger partial charge < -0.3 is 20.4 Å². The lowest BCUT2D eigenvalue weighted by molar-refractivity contribution is 0.262. The summed E-state index contributed by atoms with van der Waals surface area (Å²) in [6.07, 6.45) is 0. The van der Waals surface area contributed by atoms with Crippen molar-refractivity contribution in [2.24, 2.45) is 0 Å². The van der Waals surface area contributed by atoms with E-state index in [4.69, 9.17) is 23.2 Å². The van der Waals surface area contributed by atoms with Crippen LogP contribution in [0.1, 0.15) is 0 Å². The molecule has 0 bridgehead atoms. The number of benzene rings is 1. The fourth-order valence-corrected chi connectivity index (χ4v) is 3.42. The zero-order valence-corrected chi connectivity index (χ0v) is 15.1. The molecule has 0 saturated carbocycles. The van der Waals surface area contributed by atoms with Gasteiger partial charge in [0.05, 0.1) is 11.0 Å². The van der Waals surface area contributed by atoms with Gasteiger partial charge in [-0.05, 0) is 30.3 Å². The van der Waals surface area contributed by atoms with Crippen molar-refractivity contribution in [2.75, 3.05) is 10.6 Å². The first-order valence-electron chi connectivity index (χ1n) is 5.92. The summed E-state index contributed by atoms with van der Waals surface area (Å²) in [5.41, 5.74) is 0.257. The number of urea groups is 1. The molecule has 0 aliphatic heterocycles. The van der Waals surface area contributed by atoms with E-state index in [9.17, 15) is 19.1 Å². The first-order valence-corrected chi connectivity index (χ1v) is 9.08. The van der Waals surface area contributed by atoms with E-state index in [1.165, 1.54) is 30.3 Å². The standard InChI is InChI=1S/C12H9BrCl2N3O4P/c13-6-1-2-8(9(3-6)23(20,21)22)17-12(19)16-7-4-10(14)18-11(15)5-7/h1-5H,(H2,20,21,22)(H2,16,17,18,19). The quantitative estimate of drug-likeness (QED) is 0.430. The van der Waals surface area contributed by atoms with Gasteiger partial charge in [-0.1, -0.05) is 39.1 Å². The third-order valence-electron chi connectivity index (χ3n) is 2.54. The SMILES string of the molecule is O=C(Nc1cc(Cl)nc(Cl)c1)Nc1ccc(Br)cc1P(=O)(O)O. The van der Waals surface area contributed by atoms with E-state index in [0.717, 1.165) is 0 Å². The largest absolute Gasteiger partial charge is 0.358 e. The molecule has 0 saturated heterocycles. The van der Waals surface area contributed by atoms with Gasteiger partial charge in [0.2, 0.25) is 0 Å². The van der Waals surface area contributed by atoms with Crippen molar-refractivity contribution < 1.29 is 19.1 Å². The molecular formula is C12H9BrCl2N3O4P. The smallest absolute Gasteiger partial charge is 0.321 e. The molecule has 11 heteroatoms. The molecule has 1 aromatic carbocycles. The molecule has 0 aliphatic rings. The lowest BCUT2D eigenvalue weighted by atomic mass is 10.3. The van der Waals surface area contributed by atoms with Gasteiger partial charge in [0.1, 0.15) is 10.3 Å². The van der Waals surface area contributed by atoms with Gasteiger partial charge in [-0.15, -0.1) is 0 Å². The van der Waals surface area contributed by atoms with Crippen molar-refractivity contribution in [3.05, 3.63) is 45.1 Å². The summed E-state index contributed by atoms with van der Waals surface area (Å²) in [6.45, 7) is 0. The molecule has 2 amide bonds. The molecule has 1 aromatic heterocycles. The fourth-order valence-electron chi connectivity index (χ4n) is 1.67. The molecule has 7 nitrogen and oxygen atoms in total. The van der Waals surface area contributed by atoms with Crippen LogP contribution in [0, 0.1) is 0 Å². The third kappa shape index (κ3) is 5.17. The van der Waals surface area contributed by atoms with Crippen LogP contribution >= 0.6 is 46.7 Å². The molecule has 0 unspecified atom stereocenters. The van der Waals surface area contributed by atoms with Crippen molar-refractivity contribution in [1.82, 2.24) is 4.98 Å². The number of hydrogen-bond donors (Lipinski definition) is 4. The van der Waals surface area contributed by atoms with Crippen LogP contribution < -0.4 is 15.9 Å². The Kier molecular flexibility index (Phi) is 5.67. The van der Waals surface area contributed by atoms with Crippen LogP contribution in [0.25, 0.3) is 0 Å². The van der Waals surface area contributed by atoms with Crippen LogP contribution in [0.4, 0.5) is 16.2 Å². The van der Waals surface area contributed by atoms with Crippen LogP contribution in [-0.2, 0) is 4.57 Å². The number of anilines is 2. The maximum absolute atomic E-state index is 12.0. The average Bonchev–Trinajstić information content (AvgIpc) is 2.38. The maximum atomic E-state index is 12.0. The minimum absolute atomic E-state index is 0.0229. The second kappa shape index (κ2) is 7.17. The Balaban J connectivity index is 2.22. The number of carbonyl (C=O) groups excluding carboxylic acids is 1. The van der Waals surface area contributed by atoms with Crippen molar-refractivity contribution >= 4 is 69.4 Å². The number of nitrogens with zero attached hydrogens (tertiary/aromatic N) is 1. The highest BCUT2D eigenvalue weighted by molar-refractivity contribution is 9.10. The molecule has 122 valence electrons. The molecule has 0 radical (unpaired) electrons. The summed E-state index contributed by atoms with van der Waals surface area (Å²) in [4.78, 5) is 34.4. The molecule has 0 atom stereocenters. The minimum atomic E-state index is -4.56. The van der Waals surface area contributed by atoms with Gasteiger partial charge in [0.25, 0.3) is 0 Å². The van der Waals surface area contributed by atoms with E-state index in [0.29, 0.717) is 4.47 Å². The Bertz CT molecular complexity index is 795. The fraction of sp³-hybridized carbons (Fsp3) is 0. The van der Waals surface area contributed by atoms with E-state index >= 15 is 0 Å². The second-order valence-corrected chi connectivity index (χ2v) is 7.55. The van der Waals surface area contributed by atoms with Crippen molar-refractivity contribution in [3.8, 4) is 0 Å². The summed E-state index contributed by atoms with van der Waals surface area (Å²) in [7, 11) is -4.56. The van der Waals surface area contributed by atoms with Gasteiger partial charge >= 0.3 is 13.6 Å². The monoisotopic (exact) mass is 439 g/mol. The number of halogens is 3. The van der Waals surface area contributed by atoms with E-state index < -0.39 is 13.6 Å². The third-order valence-corrected chi connectivity index (χ3v) is 4.42. The van der Waals surface area contributed by atoms with Crippen LogP contribution in [0.3, 0.4) is 0 Å². The Morgan fingerprint density at radius 2 is 1.74 bits per heavy atom. The van der Waals surface area contributed by atoms with Crippen LogP contribution in [-0.4, -0.2) is 20.8 Å². The van der Waals surface area contributed by atoms with E-state index in [1.807, 2.05) is 0 Å². The predicted molar refractivity (Wildman–Crippen MR) is 92.7 cm³/mol. The van der Waals surface area contributed by atoms with Gasteiger partial charge in [-0.25, -0.2) is 9.78 Å². The van der Waals surface area contributed by atoms with Gasteiger partial charge in [0, 0.05) is 10.2 Å². The Labute approximate surface area is 149 Å². The Hall–Kier alpha value is -1.15. The highest BCUT2D eigenvalue weighted by atomic mass is 79.9. The Morgan fingerprint density at radius 3 is 2.30 bits per heavy atom. The molecule has 0 spiro atoms. The first kappa shape index (κ1) is 18.2. The molecule has 2 aromatic rings. The number of pyridine rings is 1. The number of hydrogen-bond acceptors (Lipinski definition) is 3. The number of carbonyl (C=O) groups is 1. The molecule has 0 fully saturated rings. The zero-order valence-electron chi connectivity index (χ0n) is 11.1. The number of nitrogens with one attached hydrogen (secondary N) is 2. The molecule has 2 rings (SSSR count). The van der Waals surface area contributed by atoms with Crippen molar-refractivity contribution in [1.29, 1.82) is 0 Å². The van der Waals surface area contributed by atoms with E-state index in [1.54, 1.807) is 0 Å². The summed E-state index contributed by atoms with van der Waals surface area (Å²) in [5.74, 6) is 0. The van der Waals surface area contributed by atoms with E-state index in [-0.39, 0.29) is 27.0 Å². The van der Waals surface area contributed by atoms with Gasteiger partial charge in [-0.2, -0.15) is 0 Å². The molecule has 0 aliphatic carbocycles. The first-order chi connectivity index (χ1) is 10.6. The maximum Gasteiger partial charge on any atom is 0.358 e. The Morgan fingerprint density at radius 1 is 1.13 bits per heavy atom. The lowest BCUT2D eigenvalue weighted by Gasteiger charge is -2.13. The van der Waals surface area contributed by atoms with Gasteiger partial charge in [0.15, 0.2) is 0 Å². The topological polar surface area (TPSA) is 112 Å². The van der Waals surface area contributed by atoms with Crippen LogP contribution in [0.2, 0.25) is 10.3 Å². The van der Waals surface area contributed by atoms with Crippen molar-refractivity contribution in [3.63, 3.8) is 0 Å². The van der Waals surface area contributed by atoms with Gasteiger partial charge in [-0.3, -0.25) is 4.57 Å². The average molecular weight is 441 g/mol. The molecule has 1 heterocycles. The summed E-state index contributed by atoms with van der Waals surface area (Å²) >= 11 is 14.6. The molecule has 23 heavy (non-hydrogen) atoms. The van der Waals surface area contributed by atoms with E-state index in [2.05, 4.69) is 31.5 Å². The number of amides is 2. The highest BCUT2D eigenvalue weighted by Gasteiger charge is 2.23. The molecule has 4 N–H and O–H groups in total. The summed E-state index contributed by atoms with van der Waals surface area (Å²) in [5, 5.41) is 4.67. The van der Waals surface area contributed by atoms with Crippen LogP contribution in [0.15, 0.2) is 34.8 Å². The normalized spacial score (nSPS) is 11.2. The lowest BCUT2D eigenvalue weighted by Crippen LogP contribution is -2.23. The second-order valence-electron chi connectivity index (χ2n) is 4.29. The van der Waals surface area contributed by atoms with Crippen molar-refractivity contribution in [2.45, 2.75) is 0 Å².